The number of hydrogen-bond donors (Lipinski definition) is 0. The maximum absolute atomic E-state index is 13.6. The van der Waals surface area contributed by atoms with Crippen LogP contribution in [0.15, 0.2) is 60.4 Å². The fraction of sp³-hybridized carbons (Fsp3) is 0.385. The van der Waals surface area contributed by atoms with Gasteiger partial charge in [-0.05, 0) is 80.4 Å². The summed E-state index contributed by atoms with van der Waals surface area (Å²) in [5.74, 6) is 1.24. The molecule has 3 aliphatic rings. The standard InChI is InChI=1S/C26H28FN3O2/c1-17-15-29(16-28-17)24-8-5-18(11-25(24)32-2)10-20-4-3-9-30(26(20)31)23-13-19-6-7-22(27)12-21(19)14-23/h5-8,10-12,15-16,19,21,23H,3-4,9,13-14H2,1-2H3/b20-10+/t19?,21?,23-/m0/s1. The highest BCUT2D eigenvalue weighted by atomic mass is 19.1. The molecule has 6 heteroatoms. The number of amides is 1. The fourth-order valence-electron chi connectivity index (χ4n) is 5.28. The number of hydrogen-bond acceptors (Lipinski definition) is 3. The van der Waals surface area contributed by atoms with Crippen molar-refractivity contribution in [2.45, 2.75) is 38.6 Å². The molecule has 2 aromatic rings. The third-order valence-corrected chi connectivity index (χ3v) is 6.87. The van der Waals surface area contributed by atoms with Crippen molar-refractivity contribution in [2.75, 3.05) is 13.7 Å². The number of halogens is 1. The molecule has 0 spiro atoms. The van der Waals surface area contributed by atoms with Gasteiger partial charge < -0.3 is 14.2 Å². The molecule has 2 unspecified atom stereocenters. The Kier molecular flexibility index (Phi) is 5.45. The highest BCUT2D eigenvalue weighted by Gasteiger charge is 2.39. The summed E-state index contributed by atoms with van der Waals surface area (Å²) in [5, 5.41) is 0. The third-order valence-electron chi connectivity index (χ3n) is 6.87. The van der Waals surface area contributed by atoms with Gasteiger partial charge in [-0.15, -0.1) is 0 Å². The van der Waals surface area contributed by atoms with E-state index in [0.717, 1.165) is 60.5 Å². The quantitative estimate of drug-likeness (QED) is 0.637. The van der Waals surface area contributed by atoms with E-state index < -0.39 is 0 Å². The normalized spacial score (nSPS) is 26.4. The Bertz CT molecular complexity index is 1130. The number of carbonyl (C=O) groups is 1. The monoisotopic (exact) mass is 433 g/mol. The van der Waals surface area contributed by atoms with Crippen LogP contribution < -0.4 is 4.74 Å². The maximum Gasteiger partial charge on any atom is 0.250 e. The molecule has 5 nitrogen and oxygen atoms in total. The number of allylic oxidation sites excluding steroid dienone is 4. The molecule has 32 heavy (non-hydrogen) atoms. The molecule has 2 heterocycles. The number of piperidine rings is 1. The van der Waals surface area contributed by atoms with Crippen LogP contribution in [0.4, 0.5) is 4.39 Å². The average molecular weight is 434 g/mol. The number of aryl methyl sites for hydroxylation is 1. The molecule has 1 saturated carbocycles. The van der Waals surface area contributed by atoms with Gasteiger partial charge in [-0.3, -0.25) is 4.79 Å². The summed E-state index contributed by atoms with van der Waals surface area (Å²) in [6.45, 7) is 2.73. The topological polar surface area (TPSA) is 47.4 Å². The summed E-state index contributed by atoms with van der Waals surface area (Å²) in [7, 11) is 1.65. The lowest BCUT2D eigenvalue weighted by molar-refractivity contribution is -0.130. The van der Waals surface area contributed by atoms with Crippen LogP contribution in [0.25, 0.3) is 11.8 Å². The van der Waals surface area contributed by atoms with Gasteiger partial charge >= 0.3 is 0 Å². The van der Waals surface area contributed by atoms with Crippen LogP contribution in [-0.2, 0) is 4.79 Å². The zero-order valence-corrected chi connectivity index (χ0v) is 18.5. The molecule has 0 bridgehead atoms. The second kappa shape index (κ2) is 8.41. The summed E-state index contributed by atoms with van der Waals surface area (Å²) in [6.07, 6.45) is 14.5. The number of aromatic nitrogens is 2. The second-order valence-corrected chi connectivity index (χ2v) is 8.99. The maximum atomic E-state index is 13.6. The van der Waals surface area contributed by atoms with E-state index in [1.54, 1.807) is 25.6 Å². The van der Waals surface area contributed by atoms with Crippen LogP contribution >= 0.6 is 0 Å². The molecule has 1 saturated heterocycles. The van der Waals surface area contributed by atoms with Crippen LogP contribution in [0.2, 0.25) is 0 Å². The first-order valence-electron chi connectivity index (χ1n) is 11.3. The lowest BCUT2D eigenvalue weighted by Crippen LogP contribution is -2.43. The number of methoxy groups -OCH3 is 1. The van der Waals surface area contributed by atoms with Crippen molar-refractivity contribution in [1.29, 1.82) is 0 Å². The Morgan fingerprint density at radius 3 is 2.88 bits per heavy atom. The number of imidazole rings is 1. The minimum absolute atomic E-state index is 0.113. The van der Waals surface area contributed by atoms with Crippen LogP contribution in [0.3, 0.4) is 0 Å². The summed E-state index contributed by atoms with van der Waals surface area (Å²) >= 11 is 0. The molecular weight excluding hydrogens is 405 g/mol. The Morgan fingerprint density at radius 2 is 2.09 bits per heavy atom. The average Bonchev–Trinajstić information content (AvgIpc) is 3.40. The molecule has 1 amide bonds. The predicted octanol–water partition coefficient (Wildman–Crippen LogP) is 5.01. The van der Waals surface area contributed by atoms with Gasteiger partial charge in [0.15, 0.2) is 0 Å². The van der Waals surface area contributed by atoms with E-state index in [9.17, 15) is 9.18 Å². The molecule has 1 aliphatic heterocycles. The second-order valence-electron chi connectivity index (χ2n) is 8.99. The number of benzene rings is 1. The molecule has 1 aromatic heterocycles. The van der Waals surface area contributed by atoms with Gasteiger partial charge in [0, 0.05) is 24.4 Å². The lowest BCUT2D eigenvalue weighted by Gasteiger charge is -2.34. The van der Waals surface area contributed by atoms with Crippen LogP contribution in [0.1, 0.15) is 36.9 Å². The highest BCUT2D eigenvalue weighted by Crippen LogP contribution is 2.41. The van der Waals surface area contributed by atoms with Crippen molar-refractivity contribution < 1.29 is 13.9 Å². The SMILES string of the molecule is COc1cc(/C=C2\CCCN([C@H]3CC4C=CC(F)=CC4C3)C2=O)ccc1-n1cnc(C)c1. The van der Waals surface area contributed by atoms with E-state index in [1.807, 2.05) is 52.9 Å². The van der Waals surface area contributed by atoms with Crippen LogP contribution in [-0.4, -0.2) is 40.1 Å². The number of fused-ring (bicyclic) bond motifs is 1. The first kappa shape index (κ1) is 20.7. The largest absolute Gasteiger partial charge is 0.495 e. The van der Waals surface area contributed by atoms with Crippen molar-refractivity contribution in [1.82, 2.24) is 14.5 Å². The number of likely N-dealkylation sites (tertiary alicyclic amines) is 1. The zero-order valence-electron chi connectivity index (χ0n) is 18.5. The number of ether oxygens (including phenoxy) is 1. The van der Waals surface area contributed by atoms with Gasteiger partial charge in [0.1, 0.15) is 11.6 Å². The first-order valence-corrected chi connectivity index (χ1v) is 11.3. The first-order chi connectivity index (χ1) is 15.5. The van der Waals surface area contributed by atoms with Crippen molar-refractivity contribution in [2.24, 2.45) is 11.8 Å². The molecule has 0 radical (unpaired) electrons. The predicted molar refractivity (Wildman–Crippen MR) is 122 cm³/mol. The van der Waals surface area contributed by atoms with Gasteiger partial charge in [0.2, 0.25) is 5.91 Å². The number of carbonyl (C=O) groups excluding carboxylic acids is 1. The van der Waals surface area contributed by atoms with E-state index >= 15 is 0 Å². The van der Waals surface area contributed by atoms with Crippen LogP contribution in [0.5, 0.6) is 5.75 Å². The van der Waals surface area contributed by atoms with Gasteiger partial charge in [-0.1, -0.05) is 12.1 Å². The van der Waals surface area contributed by atoms with Crippen molar-refractivity contribution in [3.05, 3.63) is 71.6 Å². The molecule has 5 rings (SSSR count). The summed E-state index contributed by atoms with van der Waals surface area (Å²) in [4.78, 5) is 19.6. The molecule has 1 aromatic carbocycles. The van der Waals surface area contributed by atoms with Gasteiger partial charge in [-0.25, -0.2) is 9.37 Å². The van der Waals surface area contributed by atoms with E-state index in [1.165, 1.54) is 0 Å². The zero-order chi connectivity index (χ0) is 22.2. The fourth-order valence-corrected chi connectivity index (χ4v) is 5.28. The smallest absolute Gasteiger partial charge is 0.250 e. The van der Waals surface area contributed by atoms with Crippen molar-refractivity contribution in [3.8, 4) is 11.4 Å². The molecule has 2 fully saturated rings. The number of nitrogens with zero attached hydrogens (tertiary/aromatic N) is 3. The van der Waals surface area contributed by atoms with Gasteiger partial charge in [0.25, 0.3) is 0 Å². The Labute approximate surface area is 187 Å². The molecular formula is C26H28FN3O2. The summed E-state index contributed by atoms with van der Waals surface area (Å²) < 4.78 is 21.2. The minimum Gasteiger partial charge on any atom is -0.495 e. The minimum atomic E-state index is -0.152. The van der Waals surface area contributed by atoms with E-state index in [2.05, 4.69) is 4.98 Å². The van der Waals surface area contributed by atoms with E-state index in [4.69, 9.17) is 4.74 Å². The van der Waals surface area contributed by atoms with E-state index in [0.29, 0.717) is 5.92 Å². The van der Waals surface area contributed by atoms with E-state index in [-0.39, 0.29) is 23.7 Å². The lowest BCUT2D eigenvalue weighted by atomic mass is 9.92. The van der Waals surface area contributed by atoms with Gasteiger partial charge in [0.05, 0.1) is 24.8 Å². The molecule has 166 valence electrons. The molecule has 0 N–H and O–H groups in total. The summed E-state index contributed by atoms with van der Waals surface area (Å²) in [5.41, 5.74) is 3.62. The van der Waals surface area contributed by atoms with Crippen molar-refractivity contribution in [3.63, 3.8) is 0 Å². The highest BCUT2D eigenvalue weighted by molar-refractivity contribution is 5.98. The Balaban J connectivity index is 1.36. The number of rotatable bonds is 4. The third kappa shape index (κ3) is 3.90. The summed E-state index contributed by atoms with van der Waals surface area (Å²) in [6, 6.07) is 6.14. The van der Waals surface area contributed by atoms with Crippen LogP contribution in [0, 0.1) is 18.8 Å². The Morgan fingerprint density at radius 1 is 1.25 bits per heavy atom. The van der Waals surface area contributed by atoms with Gasteiger partial charge in [-0.2, -0.15) is 0 Å². The Hall–Kier alpha value is -3.15. The van der Waals surface area contributed by atoms with Crippen molar-refractivity contribution >= 4 is 12.0 Å². The molecule has 3 atom stereocenters. The molecule has 2 aliphatic carbocycles.